The summed E-state index contributed by atoms with van der Waals surface area (Å²) < 4.78 is 13.1. The second-order valence-electron chi connectivity index (χ2n) is 6.78. The molecule has 4 rings (SSSR count). The van der Waals surface area contributed by atoms with Crippen LogP contribution in [0.3, 0.4) is 0 Å². The van der Waals surface area contributed by atoms with Crippen molar-refractivity contribution < 1.29 is 9.18 Å². The fourth-order valence-electron chi connectivity index (χ4n) is 3.35. The quantitative estimate of drug-likeness (QED) is 0.477. The van der Waals surface area contributed by atoms with Crippen molar-refractivity contribution in [2.75, 3.05) is 36.8 Å². The van der Waals surface area contributed by atoms with Gasteiger partial charge in [0.2, 0.25) is 5.91 Å². The number of aromatic nitrogens is 2. The van der Waals surface area contributed by atoms with Crippen LogP contribution in [0, 0.1) is 19.7 Å². The molecular formula is C20H21FN4OS2. The van der Waals surface area contributed by atoms with Crippen molar-refractivity contribution in [2.24, 2.45) is 0 Å². The molecule has 2 aromatic heterocycles. The van der Waals surface area contributed by atoms with Gasteiger partial charge in [0.15, 0.2) is 0 Å². The van der Waals surface area contributed by atoms with Crippen molar-refractivity contribution in [3.05, 3.63) is 46.9 Å². The first-order valence-electron chi connectivity index (χ1n) is 9.14. The number of hydrogen-bond acceptors (Lipinski definition) is 6. The molecule has 1 fully saturated rings. The molecule has 0 saturated carbocycles. The molecule has 0 unspecified atom stereocenters. The molecule has 0 atom stereocenters. The smallest absolute Gasteiger partial charge is 0.233 e. The van der Waals surface area contributed by atoms with Crippen LogP contribution in [-0.2, 0) is 4.79 Å². The average Bonchev–Trinajstić information content (AvgIpc) is 3.01. The summed E-state index contributed by atoms with van der Waals surface area (Å²) in [5, 5.41) is 1.95. The second kappa shape index (κ2) is 8.05. The van der Waals surface area contributed by atoms with Gasteiger partial charge in [0.25, 0.3) is 0 Å². The lowest BCUT2D eigenvalue weighted by atomic mass is 10.2. The van der Waals surface area contributed by atoms with Crippen LogP contribution in [0.2, 0.25) is 0 Å². The van der Waals surface area contributed by atoms with Crippen molar-refractivity contribution in [3.63, 3.8) is 0 Å². The van der Waals surface area contributed by atoms with Gasteiger partial charge in [-0.2, -0.15) is 0 Å². The Hall–Kier alpha value is -2.19. The largest absolute Gasteiger partial charge is 0.368 e. The van der Waals surface area contributed by atoms with E-state index in [0.717, 1.165) is 34.0 Å². The van der Waals surface area contributed by atoms with Crippen molar-refractivity contribution >= 4 is 44.9 Å². The third-order valence-corrected chi connectivity index (χ3v) is 7.18. The zero-order valence-corrected chi connectivity index (χ0v) is 17.4. The number of piperazine rings is 1. The Morgan fingerprint density at radius 2 is 1.86 bits per heavy atom. The second-order valence-corrected chi connectivity index (χ2v) is 8.94. The Morgan fingerprint density at radius 1 is 1.14 bits per heavy atom. The summed E-state index contributed by atoms with van der Waals surface area (Å²) in [6, 6.07) is 6.52. The number of amides is 1. The van der Waals surface area contributed by atoms with Gasteiger partial charge in [0.1, 0.15) is 22.0 Å². The molecule has 28 heavy (non-hydrogen) atoms. The molecule has 3 aromatic rings. The minimum atomic E-state index is -0.232. The van der Waals surface area contributed by atoms with Crippen molar-refractivity contribution in [1.29, 1.82) is 0 Å². The number of nitrogens with zero attached hydrogens (tertiary/aromatic N) is 4. The molecule has 0 N–H and O–H groups in total. The van der Waals surface area contributed by atoms with Crippen molar-refractivity contribution in [2.45, 2.75) is 18.9 Å². The van der Waals surface area contributed by atoms with E-state index in [1.54, 1.807) is 29.8 Å². The minimum absolute atomic E-state index is 0.125. The molecule has 1 aliphatic rings. The number of halogens is 1. The molecule has 0 aliphatic carbocycles. The Kier molecular flexibility index (Phi) is 5.50. The summed E-state index contributed by atoms with van der Waals surface area (Å²) in [5.41, 5.74) is 2.19. The minimum Gasteiger partial charge on any atom is -0.368 e. The summed E-state index contributed by atoms with van der Waals surface area (Å²) in [4.78, 5) is 27.7. The highest BCUT2D eigenvalue weighted by atomic mass is 32.2. The van der Waals surface area contributed by atoms with E-state index >= 15 is 0 Å². The van der Waals surface area contributed by atoms with E-state index in [1.165, 1.54) is 34.3 Å². The van der Waals surface area contributed by atoms with Gasteiger partial charge in [-0.1, -0.05) is 11.8 Å². The lowest BCUT2D eigenvalue weighted by Gasteiger charge is -2.36. The summed E-state index contributed by atoms with van der Waals surface area (Å²) in [7, 11) is 0. The molecule has 146 valence electrons. The zero-order valence-electron chi connectivity index (χ0n) is 15.8. The number of fused-ring (bicyclic) bond motifs is 1. The van der Waals surface area contributed by atoms with Crippen LogP contribution in [0.5, 0.6) is 0 Å². The fraction of sp³-hybridized carbons (Fsp3) is 0.350. The Bertz CT molecular complexity index is 997. The van der Waals surface area contributed by atoms with Gasteiger partial charge >= 0.3 is 0 Å². The zero-order chi connectivity index (χ0) is 19.7. The van der Waals surface area contributed by atoms with Gasteiger partial charge in [-0.25, -0.2) is 14.4 Å². The molecule has 0 radical (unpaired) electrons. The van der Waals surface area contributed by atoms with Gasteiger partial charge in [0.05, 0.1) is 5.75 Å². The number of anilines is 1. The topological polar surface area (TPSA) is 49.3 Å². The lowest BCUT2D eigenvalue weighted by Crippen LogP contribution is -2.49. The number of thiophene rings is 1. The number of aryl methyl sites for hydroxylation is 2. The van der Waals surface area contributed by atoms with Gasteiger partial charge in [0, 0.05) is 42.1 Å². The first-order chi connectivity index (χ1) is 13.5. The van der Waals surface area contributed by atoms with Gasteiger partial charge in [-0.3, -0.25) is 4.79 Å². The fourth-order valence-corrected chi connectivity index (χ4v) is 5.37. The predicted octanol–water partition coefficient (Wildman–Crippen LogP) is 3.89. The summed E-state index contributed by atoms with van der Waals surface area (Å²) >= 11 is 3.15. The summed E-state index contributed by atoms with van der Waals surface area (Å²) in [6.07, 6.45) is 1.58. The molecule has 5 nitrogen and oxygen atoms in total. The highest BCUT2D eigenvalue weighted by molar-refractivity contribution is 8.00. The maximum Gasteiger partial charge on any atom is 0.233 e. The Morgan fingerprint density at radius 3 is 2.57 bits per heavy atom. The standard InChI is InChI=1S/C20H21FN4OS2/c1-13-14(2)28-20-18(13)19(22-12-23-20)27-11-17(26)25-9-7-24(8-10-25)16-5-3-15(21)4-6-16/h3-6,12H,7-11H2,1-2H3. The van der Waals surface area contributed by atoms with E-state index in [2.05, 4.69) is 28.7 Å². The number of hydrogen-bond donors (Lipinski definition) is 0. The predicted molar refractivity (Wildman–Crippen MR) is 113 cm³/mol. The van der Waals surface area contributed by atoms with Crippen LogP contribution in [0.1, 0.15) is 10.4 Å². The average molecular weight is 417 g/mol. The SMILES string of the molecule is Cc1sc2ncnc(SCC(=O)N3CCN(c4ccc(F)cc4)CC3)c2c1C. The van der Waals surface area contributed by atoms with Crippen LogP contribution < -0.4 is 4.90 Å². The molecule has 1 aliphatic heterocycles. The molecule has 0 spiro atoms. The highest BCUT2D eigenvalue weighted by Gasteiger charge is 2.22. The monoisotopic (exact) mass is 416 g/mol. The van der Waals surface area contributed by atoms with E-state index in [0.29, 0.717) is 18.8 Å². The van der Waals surface area contributed by atoms with Gasteiger partial charge in [-0.15, -0.1) is 11.3 Å². The highest BCUT2D eigenvalue weighted by Crippen LogP contribution is 2.34. The van der Waals surface area contributed by atoms with E-state index < -0.39 is 0 Å². The van der Waals surface area contributed by atoms with Crippen molar-refractivity contribution in [1.82, 2.24) is 14.9 Å². The number of rotatable bonds is 4. The number of carbonyl (C=O) groups excluding carboxylic acids is 1. The summed E-state index contributed by atoms with van der Waals surface area (Å²) in [5.74, 6) is 0.265. The van der Waals surface area contributed by atoms with E-state index in [4.69, 9.17) is 0 Å². The molecule has 1 saturated heterocycles. The maximum absolute atomic E-state index is 13.1. The lowest BCUT2D eigenvalue weighted by molar-refractivity contribution is -0.128. The van der Waals surface area contributed by atoms with Gasteiger partial charge < -0.3 is 9.80 Å². The van der Waals surface area contributed by atoms with Crippen LogP contribution in [0.15, 0.2) is 35.6 Å². The van der Waals surface area contributed by atoms with E-state index in [9.17, 15) is 9.18 Å². The third kappa shape index (κ3) is 3.84. The number of benzene rings is 1. The first kappa shape index (κ1) is 19.1. The van der Waals surface area contributed by atoms with E-state index in [-0.39, 0.29) is 11.7 Å². The molecule has 1 aromatic carbocycles. The molecule has 1 amide bonds. The van der Waals surface area contributed by atoms with Crippen LogP contribution in [0.4, 0.5) is 10.1 Å². The van der Waals surface area contributed by atoms with Crippen LogP contribution in [-0.4, -0.2) is 52.7 Å². The van der Waals surface area contributed by atoms with Crippen LogP contribution >= 0.6 is 23.1 Å². The maximum atomic E-state index is 13.1. The summed E-state index contributed by atoms with van der Waals surface area (Å²) in [6.45, 7) is 7.02. The molecule has 3 heterocycles. The first-order valence-corrected chi connectivity index (χ1v) is 10.9. The van der Waals surface area contributed by atoms with Crippen molar-refractivity contribution in [3.8, 4) is 0 Å². The number of carbonyl (C=O) groups is 1. The van der Waals surface area contributed by atoms with Gasteiger partial charge in [-0.05, 0) is 43.7 Å². The molecule has 8 heteroatoms. The number of thioether (sulfide) groups is 1. The molecular weight excluding hydrogens is 395 g/mol. The third-order valence-electron chi connectivity index (χ3n) is 5.09. The Balaban J connectivity index is 1.36. The Labute approximate surface area is 171 Å². The van der Waals surface area contributed by atoms with E-state index in [1.807, 2.05) is 4.90 Å². The van der Waals surface area contributed by atoms with Crippen LogP contribution in [0.25, 0.3) is 10.2 Å². The molecule has 0 bridgehead atoms. The normalized spacial score (nSPS) is 14.7.